The Bertz CT molecular complexity index is 765. The van der Waals surface area contributed by atoms with Gasteiger partial charge in [-0.15, -0.1) is 11.3 Å². The minimum atomic E-state index is -3.66. The van der Waals surface area contributed by atoms with Gasteiger partial charge < -0.3 is 0 Å². The lowest BCUT2D eigenvalue weighted by Gasteiger charge is -2.08. The van der Waals surface area contributed by atoms with Gasteiger partial charge in [0, 0.05) is 4.47 Å². The molecule has 0 saturated carbocycles. The molecule has 0 aliphatic carbocycles. The van der Waals surface area contributed by atoms with Crippen LogP contribution in [0.5, 0.6) is 0 Å². The average molecular weight is 378 g/mol. The molecule has 1 heterocycles. The molecule has 0 spiro atoms. The van der Waals surface area contributed by atoms with E-state index in [1.165, 1.54) is 24.3 Å². The highest BCUT2D eigenvalue weighted by Gasteiger charge is 2.18. The van der Waals surface area contributed by atoms with Gasteiger partial charge >= 0.3 is 0 Å². The van der Waals surface area contributed by atoms with Crippen molar-refractivity contribution in [3.05, 3.63) is 44.7 Å². The van der Waals surface area contributed by atoms with Crippen molar-refractivity contribution in [2.24, 2.45) is 0 Å². The van der Waals surface area contributed by atoms with Crippen molar-refractivity contribution in [2.45, 2.75) is 4.21 Å². The molecule has 0 radical (unpaired) electrons. The number of benzene rings is 1. The number of nitrogens with one attached hydrogen (secondary N) is 1. The summed E-state index contributed by atoms with van der Waals surface area (Å²) in [4.78, 5) is 0. The van der Waals surface area contributed by atoms with E-state index in [1.54, 1.807) is 6.07 Å². The Hall–Kier alpha value is -1.07. The predicted octanol–water partition coefficient (Wildman–Crippen LogP) is 3.84. The van der Waals surface area contributed by atoms with Crippen LogP contribution < -0.4 is 4.72 Å². The molecule has 4 nitrogen and oxygen atoms in total. The molecule has 1 aromatic heterocycles. The number of nitriles is 1. The molecule has 0 aliphatic heterocycles. The van der Waals surface area contributed by atoms with Crippen molar-refractivity contribution in [1.82, 2.24) is 0 Å². The molecule has 19 heavy (non-hydrogen) atoms. The zero-order chi connectivity index (χ0) is 14.0. The second kappa shape index (κ2) is 5.51. The molecule has 1 N–H and O–H groups in total. The monoisotopic (exact) mass is 376 g/mol. The fourth-order valence-electron chi connectivity index (χ4n) is 1.30. The first-order valence-corrected chi connectivity index (χ1v) is 8.37. The first-order chi connectivity index (χ1) is 8.92. The van der Waals surface area contributed by atoms with Crippen LogP contribution in [0.3, 0.4) is 0 Å². The van der Waals surface area contributed by atoms with Gasteiger partial charge in [-0.05, 0) is 46.3 Å². The van der Waals surface area contributed by atoms with Crippen LogP contribution in [0.15, 0.2) is 39.0 Å². The van der Waals surface area contributed by atoms with Gasteiger partial charge in [-0.25, -0.2) is 8.42 Å². The van der Waals surface area contributed by atoms with Crippen molar-refractivity contribution in [1.29, 1.82) is 5.26 Å². The van der Waals surface area contributed by atoms with Crippen LogP contribution in [-0.2, 0) is 10.0 Å². The van der Waals surface area contributed by atoms with E-state index in [1.807, 2.05) is 6.07 Å². The van der Waals surface area contributed by atoms with Crippen LogP contribution >= 0.6 is 38.9 Å². The molecular formula is C11H6BrClN2O2S2. The van der Waals surface area contributed by atoms with E-state index < -0.39 is 10.0 Å². The van der Waals surface area contributed by atoms with Crippen LogP contribution in [-0.4, -0.2) is 8.42 Å². The van der Waals surface area contributed by atoms with E-state index in [2.05, 4.69) is 20.7 Å². The number of hydrogen-bond acceptors (Lipinski definition) is 4. The summed E-state index contributed by atoms with van der Waals surface area (Å²) >= 11 is 9.91. The van der Waals surface area contributed by atoms with Crippen molar-refractivity contribution in [3.8, 4) is 6.07 Å². The zero-order valence-electron chi connectivity index (χ0n) is 9.22. The van der Waals surface area contributed by atoms with E-state index in [9.17, 15) is 8.42 Å². The smallest absolute Gasteiger partial charge is 0.271 e. The molecule has 8 heteroatoms. The van der Waals surface area contributed by atoms with Gasteiger partial charge in [0.25, 0.3) is 10.0 Å². The maximum Gasteiger partial charge on any atom is 0.271 e. The molecule has 2 rings (SSSR count). The van der Waals surface area contributed by atoms with Gasteiger partial charge in [0.2, 0.25) is 0 Å². The van der Waals surface area contributed by atoms with Crippen molar-refractivity contribution in [3.63, 3.8) is 0 Å². The highest BCUT2D eigenvalue weighted by molar-refractivity contribution is 9.10. The molecule has 0 atom stereocenters. The minimum Gasteiger partial charge on any atom is -0.278 e. The number of hydrogen-bond donors (Lipinski definition) is 1. The van der Waals surface area contributed by atoms with E-state index in [0.717, 1.165) is 11.3 Å². The second-order valence-corrected chi connectivity index (χ2v) is 7.95. The molecule has 98 valence electrons. The molecule has 0 unspecified atom stereocenters. The predicted molar refractivity (Wildman–Crippen MR) is 79.0 cm³/mol. The summed E-state index contributed by atoms with van der Waals surface area (Å²) in [7, 11) is -3.66. The number of thiophene rings is 1. The molecular weight excluding hydrogens is 372 g/mol. The fourth-order valence-corrected chi connectivity index (χ4v) is 4.48. The third-order valence-electron chi connectivity index (χ3n) is 2.16. The Balaban J connectivity index is 2.34. The molecule has 0 amide bonds. The maximum atomic E-state index is 12.1. The Morgan fingerprint density at radius 2 is 2.05 bits per heavy atom. The van der Waals surface area contributed by atoms with Gasteiger partial charge in [0.05, 0.1) is 21.7 Å². The number of halogens is 2. The lowest BCUT2D eigenvalue weighted by molar-refractivity contribution is 0.603. The Labute approximate surface area is 127 Å². The van der Waals surface area contributed by atoms with Gasteiger partial charge in [0.1, 0.15) is 4.21 Å². The van der Waals surface area contributed by atoms with Gasteiger partial charge in [-0.1, -0.05) is 11.6 Å². The maximum absolute atomic E-state index is 12.1. The van der Waals surface area contributed by atoms with Crippen LogP contribution in [0.4, 0.5) is 5.69 Å². The Morgan fingerprint density at radius 3 is 2.58 bits per heavy atom. The van der Waals surface area contributed by atoms with Crippen LogP contribution in [0.1, 0.15) is 5.56 Å². The van der Waals surface area contributed by atoms with Gasteiger partial charge in [-0.2, -0.15) is 5.26 Å². The highest BCUT2D eigenvalue weighted by atomic mass is 79.9. The van der Waals surface area contributed by atoms with E-state index in [-0.39, 0.29) is 4.21 Å². The largest absolute Gasteiger partial charge is 0.278 e. The molecule has 2 aromatic rings. The van der Waals surface area contributed by atoms with E-state index in [0.29, 0.717) is 20.1 Å². The van der Waals surface area contributed by atoms with Crippen molar-refractivity contribution >= 4 is 54.6 Å². The summed E-state index contributed by atoms with van der Waals surface area (Å²) in [5.41, 5.74) is 0.803. The molecule has 0 aliphatic rings. The topological polar surface area (TPSA) is 70.0 Å². The number of sulfonamides is 1. The quantitative estimate of drug-likeness (QED) is 0.883. The molecule has 0 fully saturated rings. The molecule has 0 saturated heterocycles. The normalized spacial score (nSPS) is 11.0. The van der Waals surface area contributed by atoms with E-state index >= 15 is 0 Å². The summed E-state index contributed by atoms with van der Waals surface area (Å²) in [5.74, 6) is 0. The van der Waals surface area contributed by atoms with Crippen molar-refractivity contribution < 1.29 is 8.42 Å². The summed E-state index contributed by atoms with van der Waals surface area (Å²) in [5, 5.41) is 8.74. The highest BCUT2D eigenvalue weighted by Crippen LogP contribution is 2.30. The fraction of sp³-hybridized carbons (Fsp3) is 0. The number of nitrogens with zero attached hydrogens (tertiary/aromatic N) is 1. The zero-order valence-corrected chi connectivity index (χ0v) is 13.2. The summed E-state index contributed by atoms with van der Waals surface area (Å²) in [6.07, 6.45) is 0. The third-order valence-corrected chi connectivity index (χ3v) is 5.90. The average Bonchev–Trinajstić information content (AvgIpc) is 2.79. The lowest BCUT2D eigenvalue weighted by atomic mass is 10.2. The van der Waals surface area contributed by atoms with E-state index in [4.69, 9.17) is 16.9 Å². The summed E-state index contributed by atoms with van der Waals surface area (Å²) in [6.45, 7) is 0. The second-order valence-electron chi connectivity index (χ2n) is 3.47. The van der Waals surface area contributed by atoms with Gasteiger partial charge in [-0.3, -0.25) is 4.72 Å². The molecule has 0 bridgehead atoms. The first kappa shape index (κ1) is 14.3. The lowest BCUT2D eigenvalue weighted by Crippen LogP contribution is -2.11. The Kier molecular flexibility index (Phi) is 4.16. The van der Waals surface area contributed by atoms with Crippen LogP contribution in [0, 0.1) is 11.3 Å². The first-order valence-electron chi connectivity index (χ1n) is 4.90. The SMILES string of the molecule is N#Cc1ccc(NS(=O)(=O)c2ccc(Cl)s2)c(Br)c1. The van der Waals surface area contributed by atoms with Crippen LogP contribution in [0.25, 0.3) is 0 Å². The van der Waals surface area contributed by atoms with Crippen molar-refractivity contribution in [2.75, 3.05) is 4.72 Å². The number of rotatable bonds is 3. The number of anilines is 1. The standard InChI is InChI=1S/C11H6BrClN2O2S2/c12-8-5-7(6-14)1-2-9(8)15-19(16,17)11-4-3-10(13)18-11/h1-5,15H. The third kappa shape index (κ3) is 3.28. The molecule has 1 aromatic carbocycles. The summed E-state index contributed by atoms with van der Waals surface area (Å²) in [6, 6.07) is 9.53. The Morgan fingerprint density at radius 1 is 1.32 bits per heavy atom. The minimum absolute atomic E-state index is 0.133. The summed E-state index contributed by atoms with van der Waals surface area (Å²) < 4.78 is 27.6. The van der Waals surface area contributed by atoms with Gasteiger partial charge in [0.15, 0.2) is 0 Å². The van der Waals surface area contributed by atoms with Crippen LogP contribution in [0.2, 0.25) is 4.34 Å².